The van der Waals surface area contributed by atoms with E-state index in [1.165, 1.54) is 35.4 Å². The minimum atomic E-state index is -0.291. The van der Waals surface area contributed by atoms with Crippen LogP contribution in [0.5, 0.6) is 0 Å². The summed E-state index contributed by atoms with van der Waals surface area (Å²) in [5, 5.41) is 0. The second-order valence-corrected chi connectivity index (χ2v) is 12.9. The number of nitrogens with zero attached hydrogens (tertiary/aromatic N) is 5. The Hall–Kier alpha value is -4.78. The SMILES string of the molecule is CCCc1cc(CCCCc2cc(CCC)cc(-c3[c-]cc(F)cc3)n2)nc(-c2[c-]cc(F)cc2)c1.CN1[CH-]N(c2[c-]cccc2)c2ncccc21.[Ir]. The zero-order chi connectivity index (χ0) is 36.3. The summed E-state index contributed by atoms with van der Waals surface area (Å²) in [4.78, 5) is 18.2. The molecule has 1 aliphatic heterocycles. The molecule has 275 valence electrons. The van der Waals surface area contributed by atoms with E-state index in [0.29, 0.717) is 0 Å². The summed E-state index contributed by atoms with van der Waals surface area (Å²) in [7, 11) is 2.02. The number of halogens is 2. The van der Waals surface area contributed by atoms with Gasteiger partial charge in [0, 0.05) is 55.0 Å². The number of rotatable bonds is 12. The number of para-hydroxylation sites is 1. The van der Waals surface area contributed by atoms with Crippen LogP contribution in [0.15, 0.2) is 103 Å². The summed E-state index contributed by atoms with van der Waals surface area (Å²) in [6.45, 7) is 6.35. The van der Waals surface area contributed by atoms with Gasteiger partial charge < -0.3 is 19.8 Å². The molecule has 3 aromatic carbocycles. The van der Waals surface area contributed by atoms with E-state index in [1.54, 1.807) is 12.1 Å². The minimum Gasteiger partial charge on any atom is -0.502 e. The number of fused-ring (bicyclic) bond motifs is 1. The second-order valence-electron chi connectivity index (χ2n) is 12.9. The molecule has 0 atom stereocenters. The van der Waals surface area contributed by atoms with Gasteiger partial charge in [0.2, 0.25) is 0 Å². The summed E-state index contributed by atoms with van der Waals surface area (Å²) in [6, 6.07) is 38.8. The number of aromatic nitrogens is 3. The van der Waals surface area contributed by atoms with Gasteiger partial charge in [0.25, 0.3) is 0 Å². The van der Waals surface area contributed by atoms with E-state index < -0.39 is 0 Å². The smallest absolute Gasteiger partial charge is 0.124 e. The first kappa shape index (κ1) is 39.4. The van der Waals surface area contributed by atoms with Crippen molar-refractivity contribution in [3.8, 4) is 22.5 Å². The third kappa shape index (κ3) is 10.6. The van der Waals surface area contributed by atoms with Crippen molar-refractivity contribution >= 4 is 17.2 Å². The molecule has 8 heteroatoms. The van der Waals surface area contributed by atoms with Crippen LogP contribution in [0.4, 0.5) is 26.0 Å². The Morgan fingerprint density at radius 3 is 1.75 bits per heavy atom. The molecule has 5 nitrogen and oxygen atoms in total. The maximum atomic E-state index is 13.4. The van der Waals surface area contributed by atoms with Gasteiger partial charge >= 0.3 is 0 Å². The number of hydrogen-bond donors (Lipinski definition) is 0. The van der Waals surface area contributed by atoms with Gasteiger partial charge in [0.05, 0.1) is 0 Å². The van der Waals surface area contributed by atoms with Crippen LogP contribution in [0, 0.1) is 36.5 Å². The van der Waals surface area contributed by atoms with Crippen LogP contribution in [0.2, 0.25) is 0 Å². The van der Waals surface area contributed by atoms with Gasteiger partial charge in [-0.25, -0.2) is 4.98 Å². The third-order valence-electron chi connectivity index (χ3n) is 8.79. The second kappa shape index (κ2) is 19.3. The number of hydrogen-bond acceptors (Lipinski definition) is 5. The Morgan fingerprint density at radius 1 is 0.679 bits per heavy atom. The van der Waals surface area contributed by atoms with Gasteiger partial charge in [-0.15, -0.1) is 65.3 Å². The van der Waals surface area contributed by atoms with E-state index in [9.17, 15) is 8.78 Å². The van der Waals surface area contributed by atoms with Crippen LogP contribution in [0.1, 0.15) is 62.0 Å². The molecule has 3 aromatic heterocycles. The van der Waals surface area contributed by atoms with Crippen molar-refractivity contribution in [2.75, 3.05) is 16.8 Å². The molecule has 0 saturated carbocycles. The maximum absolute atomic E-state index is 13.4. The zero-order valence-corrected chi connectivity index (χ0v) is 32.8. The Bertz CT molecular complexity index is 1940. The van der Waals surface area contributed by atoms with Gasteiger partial charge in [0.15, 0.2) is 0 Å². The van der Waals surface area contributed by atoms with Crippen LogP contribution < -0.4 is 9.80 Å². The van der Waals surface area contributed by atoms with Crippen molar-refractivity contribution in [3.63, 3.8) is 0 Å². The van der Waals surface area contributed by atoms with E-state index in [4.69, 9.17) is 9.97 Å². The molecule has 1 aliphatic rings. The van der Waals surface area contributed by atoms with Crippen molar-refractivity contribution < 1.29 is 28.9 Å². The molecule has 0 amide bonds. The van der Waals surface area contributed by atoms with E-state index >= 15 is 0 Å². The van der Waals surface area contributed by atoms with Crippen molar-refractivity contribution in [1.82, 2.24) is 15.0 Å². The number of aryl methyl sites for hydroxylation is 4. The molecule has 4 heterocycles. The van der Waals surface area contributed by atoms with Crippen LogP contribution in [0.3, 0.4) is 0 Å². The Balaban J connectivity index is 0.000000264. The molecule has 1 radical (unpaired) electrons. The van der Waals surface area contributed by atoms with Gasteiger partial charge in [-0.2, -0.15) is 37.0 Å². The molecule has 7 rings (SSSR count). The number of anilines is 3. The van der Waals surface area contributed by atoms with Crippen LogP contribution in [-0.4, -0.2) is 22.0 Å². The normalized spacial score (nSPS) is 11.8. The average Bonchev–Trinajstić information content (AvgIpc) is 3.51. The molecule has 0 spiro atoms. The van der Waals surface area contributed by atoms with Gasteiger partial charge in [0.1, 0.15) is 5.82 Å². The molecular formula is C45H43F2IrN5-4. The van der Waals surface area contributed by atoms with E-state index in [1.807, 2.05) is 55.1 Å². The average molecular weight is 884 g/mol. The van der Waals surface area contributed by atoms with Crippen molar-refractivity contribution in [2.45, 2.75) is 65.2 Å². The summed E-state index contributed by atoms with van der Waals surface area (Å²) < 4.78 is 26.7. The molecule has 0 unspecified atom stereocenters. The fourth-order valence-corrected chi connectivity index (χ4v) is 6.29. The number of pyridine rings is 3. The van der Waals surface area contributed by atoms with Crippen LogP contribution >= 0.6 is 0 Å². The van der Waals surface area contributed by atoms with Crippen LogP contribution in [0.25, 0.3) is 22.5 Å². The first-order chi connectivity index (χ1) is 25.4. The Morgan fingerprint density at radius 2 is 1.26 bits per heavy atom. The Kier molecular flexibility index (Phi) is 14.4. The first-order valence-corrected chi connectivity index (χ1v) is 18.0. The fourth-order valence-electron chi connectivity index (χ4n) is 6.29. The summed E-state index contributed by atoms with van der Waals surface area (Å²) in [5.74, 6) is 0.369. The Labute approximate surface area is 326 Å². The van der Waals surface area contributed by atoms with Crippen molar-refractivity contribution in [3.05, 3.63) is 162 Å². The number of benzene rings is 3. The maximum Gasteiger partial charge on any atom is 0.124 e. The molecule has 0 fully saturated rings. The summed E-state index contributed by atoms with van der Waals surface area (Å²) >= 11 is 0. The largest absolute Gasteiger partial charge is 0.502 e. The summed E-state index contributed by atoms with van der Waals surface area (Å²) in [6.07, 6.45) is 9.63. The first-order valence-electron chi connectivity index (χ1n) is 18.0. The van der Waals surface area contributed by atoms with Gasteiger partial charge in [-0.3, -0.25) is 8.78 Å². The molecular weight excluding hydrogens is 841 g/mol. The van der Waals surface area contributed by atoms with E-state index in [2.05, 4.69) is 72.3 Å². The van der Waals surface area contributed by atoms with E-state index in [-0.39, 0.29) is 31.7 Å². The quantitative estimate of drug-likeness (QED) is 0.0905. The minimum absolute atomic E-state index is 0. The molecule has 0 saturated heterocycles. The predicted molar refractivity (Wildman–Crippen MR) is 206 cm³/mol. The zero-order valence-electron chi connectivity index (χ0n) is 30.4. The number of unbranched alkanes of at least 4 members (excludes halogenated alkanes) is 1. The molecule has 0 aliphatic carbocycles. The standard InChI is InChI=1S/C32H32F2N2.C13H11N3.Ir/c1-3-7-23-19-29(35-31(21-23)25-11-15-27(33)16-12-25)9-5-6-10-30-20-24(8-4-2)22-32(36-30)26-13-17-28(34)18-14-26;1-15-10-16(11-6-3-2-4-7-11)13-12(15)8-5-9-14-13;/h11,13,15-22H,3-10H2,1-2H3;2-6,8-10H,1H3;/q2*-2;. The molecule has 53 heavy (non-hydrogen) atoms. The molecule has 0 bridgehead atoms. The monoisotopic (exact) mass is 884 g/mol. The van der Waals surface area contributed by atoms with Gasteiger partial charge in [-0.1, -0.05) is 49.9 Å². The third-order valence-corrected chi connectivity index (χ3v) is 8.79. The molecule has 0 N–H and O–H groups in total. The topological polar surface area (TPSA) is 45.2 Å². The molecule has 6 aromatic rings. The van der Waals surface area contributed by atoms with Crippen molar-refractivity contribution in [2.24, 2.45) is 0 Å². The van der Waals surface area contributed by atoms with Crippen molar-refractivity contribution in [1.29, 1.82) is 0 Å². The predicted octanol–water partition coefficient (Wildman–Crippen LogP) is 10.7. The fraction of sp³-hybridized carbons (Fsp3) is 0.244. The van der Waals surface area contributed by atoms with Gasteiger partial charge in [-0.05, 0) is 81.2 Å². The van der Waals surface area contributed by atoms with Crippen LogP contribution in [-0.2, 0) is 45.8 Å². The summed E-state index contributed by atoms with van der Waals surface area (Å²) in [5.41, 5.74) is 10.1. The van der Waals surface area contributed by atoms with E-state index in [0.717, 1.165) is 102 Å².